The average Bonchev–Trinajstić information content (AvgIpc) is 2.83. The van der Waals surface area contributed by atoms with Gasteiger partial charge in [-0.3, -0.25) is 9.59 Å². The molecule has 0 amide bonds. The Morgan fingerprint density at radius 3 is 2.83 bits per heavy atom. The van der Waals surface area contributed by atoms with Crippen molar-refractivity contribution < 1.29 is 23.5 Å². The highest BCUT2D eigenvalue weighted by atomic mass is 19.1. The largest absolute Gasteiger partial charge is 0.452 e. The number of benzene rings is 2. The highest BCUT2D eigenvalue weighted by Gasteiger charge is 2.28. The van der Waals surface area contributed by atoms with E-state index in [9.17, 15) is 14.0 Å². The fourth-order valence-corrected chi connectivity index (χ4v) is 2.18. The third-order valence-corrected chi connectivity index (χ3v) is 3.31. The van der Waals surface area contributed by atoms with Crippen LogP contribution in [0.2, 0.25) is 0 Å². The summed E-state index contributed by atoms with van der Waals surface area (Å²) in [5, 5.41) is 0. The Hall–Kier alpha value is -2.95. The fourth-order valence-electron chi connectivity index (χ4n) is 2.18. The average molecular weight is 312 g/mol. The standard InChI is InChI=1S/C18H13FO4/c1-2-17(20)22-13-6-7-14-15(10-13)23-16(18(14)21)9-11-4-3-5-12(19)8-11/h3-10H,2H2,1H3/b16-9-. The van der Waals surface area contributed by atoms with Crippen LogP contribution < -0.4 is 9.47 Å². The molecular weight excluding hydrogens is 299 g/mol. The van der Waals surface area contributed by atoms with Crippen LogP contribution in [0.5, 0.6) is 11.5 Å². The van der Waals surface area contributed by atoms with E-state index in [2.05, 4.69) is 0 Å². The van der Waals surface area contributed by atoms with Crippen molar-refractivity contribution in [3.05, 3.63) is 65.2 Å². The van der Waals surface area contributed by atoms with E-state index in [0.29, 0.717) is 22.6 Å². The fraction of sp³-hybridized carbons (Fsp3) is 0.111. The van der Waals surface area contributed by atoms with Gasteiger partial charge in [0.2, 0.25) is 5.78 Å². The molecular formula is C18H13FO4. The van der Waals surface area contributed by atoms with Gasteiger partial charge in [-0.25, -0.2) is 4.39 Å². The van der Waals surface area contributed by atoms with E-state index in [1.807, 2.05) is 0 Å². The molecule has 1 aliphatic rings. The molecule has 0 aliphatic carbocycles. The molecule has 0 saturated carbocycles. The van der Waals surface area contributed by atoms with Crippen LogP contribution >= 0.6 is 0 Å². The summed E-state index contributed by atoms with van der Waals surface area (Å²) in [6.07, 6.45) is 1.73. The van der Waals surface area contributed by atoms with Crippen LogP contribution in [0.4, 0.5) is 4.39 Å². The number of hydrogen-bond acceptors (Lipinski definition) is 4. The molecule has 2 aromatic carbocycles. The molecule has 1 heterocycles. The summed E-state index contributed by atoms with van der Waals surface area (Å²) in [5.41, 5.74) is 0.905. The Labute approximate surface area is 132 Å². The number of fused-ring (bicyclic) bond motifs is 1. The molecule has 0 unspecified atom stereocenters. The first-order valence-electron chi connectivity index (χ1n) is 7.11. The minimum absolute atomic E-state index is 0.101. The maximum atomic E-state index is 13.2. The van der Waals surface area contributed by atoms with Crippen LogP contribution in [-0.2, 0) is 4.79 Å². The van der Waals surface area contributed by atoms with Crippen LogP contribution in [0.25, 0.3) is 6.08 Å². The number of Topliss-reactive ketones (excluding diaryl/α,β-unsaturated/α-hetero) is 1. The zero-order chi connectivity index (χ0) is 16.4. The Kier molecular flexibility index (Phi) is 3.93. The van der Waals surface area contributed by atoms with Crippen LogP contribution in [0.1, 0.15) is 29.3 Å². The number of carbonyl (C=O) groups is 2. The van der Waals surface area contributed by atoms with Gasteiger partial charge in [0.05, 0.1) is 5.56 Å². The Balaban J connectivity index is 1.88. The molecule has 2 aromatic rings. The molecule has 4 nitrogen and oxygen atoms in total. The second-order valence-electron chi connectivity index (χ2n) is 4.98. The monoisotopic (exact) mass is 312 g/mol. The SMILES string of the molecule is CCC(=O)Oc1ccc2c(c1)O/C(=C\c1cccc(F)c1)C2=O. The molecule has 0 radical (unpaired) electrons. The van der Waals surface area contributed by atoms with E-state index in [4.69, 9.17) is 9.47 Å². The lowest BCUT2D eigenvalue weighted by atomic mass is 10.1. The number of rotatable bonds is 3. The third kappa shape index (κ3) is 3.13. The number of esters is 1. The number of hydrogen-bond donors (Lipinski definition) is 0. The predicted molar refractivity (Wildman–Crippen MR) is 81.7 cm³/mol. The van der Waals surface area contributed by atoms with Gasteiger partial charge in [-0.2, -0.15) is 0 Å². The van der Waals surface area contributed by atoms with Crippen molar-refractivity contribution in [3.63, 3.8) is 0 Å². The lowest BCUT2D eigenvalue weighted by Gasteiger charge is -2.04. The summed E-state index contributed by atoms with van der Waals surface area (Å²) in [6, 6.07) is 10.4. The predicted octanol–water partition coefficient (Wildman–Crippen LogP) is 3.76. The molecule has 0 spiro atoms. The quantitative estimate of drug-likeness (QED) is 0.492. The van der Waals surface area contributed by atoms with Gasteiger partial charge in [-0.15, -0.1) is 0 Å². The van der Waals surface area contributed by atoms with Gasteiger partial charge in [0.25, 0.3) is 0 Å². The number of ether oxygens (including phenoxy) is 2. The van der Waals surface area contributed by atoms with Gasteiger partial charge >= 0.3 is 5.97 Å². The van der Waals surface area contributed by atoms with Crippen LogP contribution in [-0.4, -0.2) is 11.8 Å². The highest BCUT2D eigenvalue weighted by Crippen LogP contribution is 2.35. The maximum Gasteiger partial charge on any atom is 0.310 e. The third-order valence-electron chi connectivity index (χ3n) is 3.31. The smallest absolute Gasteiger partial charge is 0.310 e. The van der Waals surface area contributed by atoms with Crippen molar-refractivity contribution in [2.45, 2.75) is 13.3 Å². The van der Waals surface area contributed by atoms with Crippen molar-refractivity contribution in [2.75, 3.05) is 0 Å². The zero-order valence-corrected chi connectivity index (χ0v) is 12.3. The van der Waals surface area contributed by atoms with Gasteiger partial charge in [0, 0.05) is 12.5 Å². The molecule has 3 rings (SSSR count). The summed E-state index contributed by atoms with van der Waals surface area (Å²) in [4.78, 5) is 23.6. The summed E-state index contributed by atoms with van der Waals surface area (Å²) in [6.45, 7) is 1.69. The van der Waals surface area contributed by atoms with E-state index in [1.54, 1.807) is 31.2 Å². The van der Waals surface area contributed by atoms with E-state index in [1.165, 1.54) is 24.3 Å². The molecule has 0 aromatic heterocycles. The molecule has 0 bridgehead atoms. The lowest BCUT2D eigenvalue weighted by molar-refractivity contribution is -0.134. The minimum atomic E-state index is -0.393. The molecule has 5 heteroatoms. The van der Waals surface area contributed by atoms with Crippen molar-refractivity contribution in [1.82, 2.24) is 0 Å². The van der Waals surface area contributed by atoms with Gasteiger partial charge in [0.1, 0.15) is 17.3 Å². The zero-order valence-electron chi connectivity index (χ0n) is 12.3. The molecule has 23 heavy (non-hydrogen) atoms. The van der Waals surface area contributed by atoms with Crippen LogP contribution in [0.15, 0.2) is 48.2 Å². The normalized spacial score (nSPS) is 14.5. The van der Waals surface area contributed by atoms with Gasteiger partial charge < -0.3 is 9.47 Å². The minimum Gasteiger partial charge on any atom is -0.452 e. The highest BCUT2D eigenvalue weighted by molar-refractivity contribution is 6.14. The second-order valence-corrected chi connectivity index (χ2v) is 4.98. The van der Waals surface area contributed by atoms with Gasteiger partial charge in [0.15, 0.2) is 5.76 Å². The molecule has 0 atom stereocenters. The first-order valence-corrected chi connectivity index (χ1v) is 7.11. The molecule has 0 N–H and O–H groups in total. The molecule has 0 fully saturated rings. The second kappa shape index (κ2) is 6.04. The van der Waals surface area contributed by atoms with Crippen molar-refractivity contribution in [2.24, 2.45) is 0 Å². The lowest BCUT2D eigenvalue weighted by Crippen LogP contribution is -2.05. The van der Waals surface area contributed by atoms with Crippen molar-refractivity contribution in [3.8, 4) is 11.5 Å². The maximum absolute atomic E-state index is 13.2. The summed E-state index contributed by atoms with van der Waals surface area (Å²) >= 11 is 0. The molecule has 0 saturated heterocycles. The van der Waals surface area contributed by atoms with Gasteiger partial charge in [-0.05, 0) is 35.9 Å². The topological polar surface area (TPSA) is 52.6 Å². The summed E-state index contributed by atoms with van der Waals surface area (Å²) in [5.74, 6) is -0.322. The summed E-state index contributed by atoms with van der Waals surface area (Å²) < 4.78 is 23.8. The molecule has 1 aliphatic heterocycles. The van der Waals surface area contributed by atoms with Crippen molar-refractivity contribution >= 4 is 17.8 Å². The van der Waals surface area contributed by atoms with Gasteiger partial charge in [-0.1, -0.05) is 19.1 Å². The van der Waals surface area contributed by atoms with Crippen molar-refractivity contribution in [1.29, 1.82) is 0 Å². The molecule has 116 valence electrons. The van der Waals surface area contributed by atoms with E-state index < -0.39 is 5.82 Å². The first kappa shape index (κ1) is 15.0. The van der Waals surface area contributed by atoms with E-state index in [0.717, 1.165) is 0 Å². The Morgan fingerprint density at radius 2 is 2.09 bits per heavy atom. The number of allylic oxidation sites excluding steroid dienone is 1. The number of carbonyl (C=O) groups excluding carboxylic acids is 2. The first-order chi connectivity index (χ1) is 11.1. The Bertz CT molecular complexity index is 824. The number of halogens is 1. The van der Waals surface area contributed by atoms with Crippen LogP contribution in [0, 0.1) is 5.82 Å². The number of ketones is 1. The van der Waals surface area contributed by atoms with E-state index in [-0.39, 0.29) is 23.9 Å². The van der Waals surface area contributed by atoms with E-state index >= 15 is 0 Å². The Morgan fingerprint density at radius 1 is 1.26 bits per heavy atom. The summed E-state index contributed by atoms with van der Waals surface area (Å²) in [7, 11) is 0. The van der Waals surface area contributed by atoms with Crippen LogP contribution in [0.3, 0.4) is 0 Å².